The van der Waals surface area contributed by atoms with Gasteiger partial charge >= 0.3 is 0 Å². The molecule has 1 N–H and O–H groups in total. The van der Waals surface area contributed by atoms with E-state index >= 15 is 0 Å². The van der Waals surface area contributed by atoms with Crippen molar-refractivity contribution in [3.8, 4) is 0 Å². The molecule has 0 saturated carbocycles. The van der Waals surface area contributed by atoms with E-state index in [2.05, 4.69) is 27.7 Å². The molecule has 0 unspecified atom stereocenters. The van der Waals surface area contributed by atoms with Gasteiger partial charge in [0.2, 0.25) is 5.91 Å². The molecular formula is C15H24N2OS. The first-order chi connectivity index (χ1) is 9.31. The fourth-order valence-electron chi connectivity index (χ4n) is 2.63. The van der Waals surface area contributed by atoms with Crippen LogP contribution < -0.4 is 5.32 Å². The molecule has 19 heavy (non-hydrogen) atoms. The van der Waals surface area contributed by atoms with E-state index in [0.29, 0.717) is 12.5 Å². The van der Waals surface area contributed by atoms with Gasteiger partial charge in [0.05, 0.1) is 6.04 Å². The van der Waals surface area contributed by atoms with Crippen LogP contribution in [0.2, 0.25) is 0 Å². The molecule has 1 amide bonds. The van der Waals surface area contributed by atoms with Crippen molar-refractivity contribution >= 4 is 17.2 Å². The molecule has 0 bridgehead atoms. The Morgan fingerprint density at radius 1 is 1.37 bits per heavy atom. The van der Waals surface area contributed by atoms with Crippen LogP contribution in [0.15, 0.2) is 17.5 Å². The van der Waals surface area contributed by atoms with Crippen LogP contribution in [0.5, 0.6) is 0 Å². The highest BCUT2D eigenvalue weighted by Gasteiger charge is 2.22. The van der Waals surface area contributed by atoms with Gasteiger partial charge < -0.3 is 5.32 Å². The van der Waals surface area contributed by atoms with E-state index in [1.165, 1.54) is 30.6 Å². The lowest BCUT2D eigenvalue weighted by Gasteiger charge is -2.30. The topological polar surface area (TPSA) is 32.3 Å². The summed E-state index contributed by atoms with van der Waals surface area (Å²) in [7, 11) is 0. The molecule has 106 valence electrons. The summed E-state index contributed by atoms with van der Waals surface area (Å²) in [6.45, 7) is 4.96. The number of rotatable bonds is 5. The predicted octanol–water partition coefficient (Wildman–Crippen LogP) is 3.19. The largest absolute Gasteiger partial charge is 0.354 e. The third-order valence-corrected chi connectivity index (χ3v) is 4.74. The Morgan fingerprint density at radius 3 is 2.68 bits per heavy atom. The zero-order valence-electron chi connectivity index (χ0n) is 11.7. The minimum Gasteiger partial charge on any atom is -0.354 e. The van der Waals surface area contributed by atoms with Gasteiger partial charge in [0.25, 0.3) is 0 Å². The second kappa shape index (κ2) is 7.65. The van der Waals surface area contributed by atoms with Crippen molar-refractivity contribution in [2.24, 2.45) is 0 Å². The molecule has 2 heterocycles. The summed E-state index contributed by atoms with van der Waals surface area (Å²) in [6.07, 6.45) is 5.81. The smallest absolute Gasteiger partial charge is 0.219 e. The molecule has 0 spiro atoms. The van der Waals surface area contributed by atoms with E-state index < -0.39 is 0 Å². The van der Waals surface area contributed by atoms with Gasteiger partial charge in [-0.15, -0.1) is 11.3 Å². The first kappa shape index (κ1) is 14.5. The Hall–Kier alpha value is -0.870. The summed E-state index contributed by atoms with van der Waals surface area (Å²) in [5, 5.41) is 5.19. The lowest BCUT2D eigenvalue weighted by atomic mass is 10.2. The molecule has 1 aliphatic heterocycles. The van der Waals surface area contributed by atoms with Gasteiger partial charge in [0, 0.05) is 17.8 Å². The number of nitrogens with zero attached hydrogens (tertiary/aromatic N) is 1. The van der Waals surface area contributed by atoms with Crippen LogP contribution in [0.25, 0.3) is 0 Å². The fourth-order valence-corrected chi connectivity index (χ4v) is 3.49. The van der Waals surface area contributed by atoms with E-state index in [1.54, 1.807) is 11.3 Å². The number of hydrogen-bond donors (Lipinski definition) is 1. The van der Waals surface area contributed by atoms with Crippen LogP contribution in [0.3, 0.4) is 0 Å². The molecule has 0 aromatic carbocycles. The van der Waals surface area contributed by atoms with Crippen molar-refractivity contribution in [1.29, 1.82) is 0 Å². The first-order valence-electron chi connectivity index (χ1n) is 7.35. The average Bonchev–Trinajstić information content (AvgIpc) is 2.82. The highest BCUT2D eigenvalue weighted by molar-refractivity contribution is 7.10. The molecule has 2 rings (SSSR count). The Bertz CT molecular complexity index is 370. The Morgan fingerprint density at radius 2 is 2.11 bits per heavy atom. The van der Waals surface area contributed by atoms with Crippen LogP contribution in [-0.4, -0.2) is 30.4 Å². The molecule has 1 saturated heterocycles. The Balaban J connectivity index is 2.02. The standard InChI is InChI=1S/C15H24N2OS/c1-2-15(18)16-12-13(14-8-7-11-19-14)17-9-5-3-4-6-10-17/h7-8,11,13H,2-6,9-10,12H2,1H3,(H,16,18)/t13-/m1/s1. The second-order valence-corrected chi connectivity index (χ2v) is 6.12. The van der Waals surface area contributed by atoms with E-state index in [9.17, 15) is 4.79 Å². The summed E-state index contributed by atoms with van der Waals surface area (Å²) in [5.41, 5.74) is 0. The summed E-state index contributed by atoms with van der Waals surface area (Å²) >= 11 is 1.80. The van der Waals surface area contributed by atoms with Crippen molar-refractivity contribution in [3.05, 3.63) is 22.4 Å². The summed E-state index contributed by atoms with van der Waals surface area (Å²) in [4.78, 5) is 15.4. The van der Waals surface area contributed by atoms with Crippen LogP contribution >= 0.6 is 11.3 Å². The monoisotopic (exact) mass is 280 g/mol. The van der Waals surface area contributed by atoms with Crippen molar-refractivity contribution in [2.45, 2.75) is 45.1 Å². The quantitative estimate of drug-likeness (QED) is 0.898. The van der Waals surface area contributed by atoms with Gasteiger partial charge in [-0.3, -0.25) is 9.69 Å². The molecule has 4 heteroatoms. The zero-order chi connectivity index (χ0) is 13.5. The molecule has 1 aliphatic rings. The van der Waals surface area contributed by atoms with E-state index in [-0.39, 0.29) is 5.91 Å². The Kier molecular flexibility index (Phi) is 5.86. The lowest BCUT2D eigenvalue weighted by molar-refractivity contribution is -0.121. The molecule has 1 aromatic heterocycles. The molecule has 3 nitrogen and oxygen atoms in total. The summed E-state index contributed by atoms with van der Waals surface area (Å²) in [6, 6.07) is 4.65. The van der Waals surface area contributed by atoms with Gasteiger partial charge in [0.15, 0.2) is 0 Å². The van der Waals surface area contributed by atoms with Crippen LogP contribution in [0, 0.1) is 0 Å². The van der Waals surface area contributed by atoms with Crippen molar-refractivity contribution < 1.29 is 4.79 Å². The lowest BCUT2D eigenvalue weighted by Crippen LogP contribution is -2.38. The number of thiophene rings is 1. The summed E-state index contributed by atoms with van der Waals surface area (Å²) in [5.74, 6) is 0.149. The minimum absolute atomic E-state index is 0.149. The molecule has 1 aromatic rings. The third kappa shape index (κ3) is 4.32. The fraction of sp³-hybridized carbons (Fsp3) is 0.667. The van der Waals surface area contributed by atoms with Gasteiger partial charge in [-0.25, -0.2) is 0 Å². The number of nitrogens with one attached hydrogen (secondary N) is 1. The first-order valence-corrected chi connectivity index (χ1v) is 8.23. The van der Waals surface area contributed by atoms with E-state index in [1.807, 2.05) is 6.92 Å². The number of amides is 1. The molecule has 0 radical (unpaired) electrons. The maximum absolute atomic E-state index is 11.5. The highest BCUT2D eigenvalue weighted by atomic mass is 32.1. The Labute approximate surface area is 120 Å². The van der Waals surface area contributed by atoms with Gasteiger partial charge in [-0.1, -0.05) is 25.8 Å². The maximum Gasteiger partial charge on any atom is 0.219 e. The van der Waals surface area contributed by atoms with Crippen molar-refractivity contribution in [3.63, 3.8) is 0 Å². The van der Waals surface area contributed by atoms with E-state index in [4.69, 9.17) is 0 Å². The maximum atomic E-state index is 11.5. The van der Waals surface area contributed by atoms with Gasteiger partial charge in [-0.05, 0) is 37.4 Å². The predicted molar refractivity (Wildman–Crippen MR) is 80.4 cm³/mol. The van der Waals surface area contributed by atoms with Crippen molar-refractivity contribution in [2.75, 3.05) is 19.6 Å². The molecule has 0 aliphatic carbocycles. The number of hydrogen-bond acceptors (Lipinski definition) is 3. The third-order valence-electron chi connectivity index (χ3n) is 3.77. The number of likely N-dealkylation sites (tertiary alicyclic amines) is 1. The zero-order valence-corrected chi connectivity index (χ0v) is 12.5. The molecule has 1 atom stereocenters. The highest BCUT2D eigenvalue weighted by Crippen LogP contribution is 2.27. The number of carbonyl (C=O) groups is 1. The molecular weight excluding hydrogens is 256 g/mol. The normalized spacial score (nSPS) is 18.8. The second-order valence-electron chi connectivity index (χ2n) is 5.14. The van der Waals surface area contributed by atoms with Crippen molar-refractivity contribution in [1.82, 2.24) is 10.2 Å². The van der Waals surface area contributed by atoms with Crippen LogP contribution in [0.1, 0.15) is 49.9 Å². The van der Waals surface area contributed by atoms with Gasteiger partial charge in [0.1, 0.15) is 0 Å². The average molecular weight is 280 g/mol. The SMILES string of the molecule is CCC(=O)NC[C@H](c1cccs1)N1CCCCCC1. The summed E-state index contributed by atoms with van der Waals surface area (Å²) < 4.78 is 0. The van der Waals surface area contributed by atoms with Crippen LogP contribution in [0.4, 0.5) is 0 Å². The number of carbonyl (C=O) groups excluding carboxylic acids is 1. The van der Waals surface area contributed by atoms with Gasteiger partial charge in [-0.2, -0.15) is 0 Å². The van der Waals surface area contributed by atoms with Crippen LogP contribution in [-0.2, 0) is 4.79 Å². The van der Waals surface area contributed by atoms with E-state index in [0.717, 1.165) is 19.6 Å². The molecule has 1 fully saturated rings. The minimum atomic E-state index is 0.149.